The molecule has 100 valence electrons. The molecule has 0 aliphatic heterocycles. The van der Waals surface area contributed by atoms with Crippen LogP contribution in [0.4, 0.5) is 5.69 Å². The molecule has 0 bridgehead atoms. The average Bonchev–Trinajstić information content (AvgIpc) is 2.46. The van der Waals surface area contributed by atoms with Gasteiger partial charge in [-0.3, -0.25) is 4.98 Å². The lowest BCUT2D eigenvalue weighted by Crippen LogP contribution is -2.22. The summed E-state index contributed by atoms with van der Waals surface area (Å²) in [5, 5.41) is 3.52. The monoisotopic (exact) mass is 255 g/mol. The van der Waals surface area contributed by atoms with Gasteiger partial charge in [-0.2, -0.15) is 0 Å². The summed E-state index contributed by atoms with van der Waals surface area (Å²) in [5.41, 5.74) is 3.67. The highest BCUT2D eigenvalue weighted by atomic mass is 15.1. The van der Waals surface area contributed by atoms with Crippen molar-refractivity contribution in [2.45, 2.75) is 13.0 Å². The Morgan fingerprint density at radius 3 is 2.58 bits per heavy atom. The first-order valence-electron chi connectivity index (χ1n) is 6.63. The molecule has 1 aromatic carbocycles. The molecule has 0 aliphatic carbocycles. The molecule has 1 unspecified atom stereocenters. The van der Waals surface area contributed by atoms with Crippen molar-refractivity contribution in [1.82, 2.24) is 10.3 Å². The van der Waals surface area contributed by atoms with Gasteiger partial charge in [0.1, 0.15) is 0 Å². The number of hydrogen-bond acceptors (Lipinski definition) is 3. The molecule has 1 aromatic heterocycles. The normalized spacial score (nSPS) is 12.2. The van der Waals surface area contributed by atoms with Gasteiger partial charge in [0.2, 0.25) is 0 Å². The number of nitrogens with one attached hydrogen (secondary N) is 1. The second-order valence-electron chi connectivity index (χ2n) is 4.77. The van der Waals surface area contributed by atoms with Gasteiger partial charge in [-0.25, -0.2) is 0 Å². The number of aromatic nitrogens is 1. The van der Waals surface area contributed by atoms with Crippen molar-refractivity contribution in [2.24, 2.45) is 0 Å². The summed E-state index contributed by atoms with van der Waals surface area (Å²) in [5.74, 6) is 0. The summed E-state index contributed by atoms with van der Waals surface area (Å²) in [6.07, 6.45) is 3.73. The van der Waals surface area contributed by atoms with Crippen LogP contribution >= 0.6 is 0 Å². The van der Waals surface area contributed by atoms with Crippen LogP contribution in [0, 0.1) is 0 Å². The van der Waals surface area contributed by atoms with Crippen molar-refractivity contribution in [3.63, 3.8) is 0 Å². The van der Waals surface area contributed by atoms with Gasteiger partial charge in [0.05, 0.1) is 6.04 Å². The van der Waals surface area contributed by atoms with Crippen molar-refractivity contribution >= 4 is 5.69 Å². The van der Waals surface area contributed by atoms with E-state index in [1.54, 1.807) is 0 Å². The van der Waals surface area contributed by atoms with Gasteiger partial charge in [0.25, 0.3) is 0 Å². The largest absolute Gasteiger partial charge is 0.378 e. The molecule has 0 radical (unpaired) electrons. The molecule has 2 aromatic rings. The predicted octanol–water partition coefficient (Wildman–Crippen LogP) is 2.85. The number of rotatable bonds is 5. The van der Waals surface area contributed by atoms with E-state index in [1.165, 1.54) is 16.8 Å². The van der Waals surface area contributed by atoms with Gasteiger partial charge in [-0.05, 0) is 35.9 Å². The van der Waals surface area contributed by atoms with Crippen molar-refractivity contribution < 1.29 is 0 Å². The molecule has 1 N–H and O–H groups in total. The van der Waals surface area contributed by atoms with Crippen molar-refractivity contribution in [1.29, 1.82) is 0 Å². The first-order valence-corrected chi connectivity index (χ1v) is 6.63. The molecule has 0 aliphatic rings. The fraction of sp³-hybridized carbons (Fsp3) is 0.312. The number of nitrogens with zero attached hydrogens (tertiary/aromatic N) is 2. The Bertz CT molecular complexity index is 508. The molecule has 0 saturated heterocycles. The second kappa shape index (κ2) is 6.34. The molecule has 0 spiro atoms. The van der Waals surface area contributed by atoms with Crippen LogP contribution in [0.5, 0.6) is 0 Å². The highest BCUT2D eigenvalue weighted by molar-refractivity contribution is 5.49. The van der Waals surface area contributed by atoms with Crippen LogP contribution in [0.1, 0.15) is 24.1 Å². The maximum atomic E-state index is 4.22. The van der Waals surface area contributed by atoms with E-state index in [2.05, 4.69) is 66.6 Å². The minimum atomic E-state index is 0.193. The predicted molar refractivity (Wildman–Crippen MR) is 80.5 cm³/mol. The van der Waals surface area contributed by atoms with E-state index in [1.807, 2.05) is 18.5 Å². The average molecular weight is 255 g/mol. The molecule has 3 nitrogen and oxygen atoms in total. The SMILES string of the molecule is CCNC(c1cccnc1)c1cccc(N(C)C)c1. The number of pyridine rings is 1. The molecule has 0 fully saturated rings. The van der Waals surface area contributed by atoms with Gasteiger partial charge < -0.3 is 10.2 Å². The minimum Gasteiger partial charge on any atom is -0.378 e. The zero-order chi connectivity index (χ0) is 13.7. The first kappa shape index (κ1) is 13.6. The highest BCUT2D eigenvalue weighted by Gasteiger charge is 2.13. The molecule has 2 rings (SSSR count). The molecule has 19 heavy (non-hydrogen) atoms. The lowest BCUT2D eigenvalue weighted by Gasteiger charge is -2.21. The maximum absolute atomic E-state index is 4.22. The number of anilines is 1. The lowest BCUT2D eigenvalue weighted by atomic mass is 9.99. The molecular weight excluding hydrogens is 234 g/mol. The van der Waals surface area contributed by atoms with Crippen LogP contribution in [-0.2, 0) is 0 Å². The van der Waals surface area contributed by atoms with Gasteiger partial charge in [0.15, 0.2) is 0 Å². The zero-order valence-corrected chi connectivity index (χ0v) is 11.8. The van der Waals surface area contributed by atoms with E-state index in [0.29, 0.717) is 0 Å². The van der Waals surface area contributed by atoms with Crippen molar-refractivity contribution in [3.05, 3.63) is 59.9 Å². The maximum Gasteiger partial charge on any atom is 0.0592 e. The van der Waals surface area contributed by atoms with Crippen LogP contribution in [0.2, 0.25) is 0 Å². The smallest absolute Gasteiger partial charge is 0.0592 e. The Labute approximate surface area is 115 Å². The van der Waals surface area contributed by atoms with Gasteiger partial charge in [0, 0.05) is 32.2 Å². The Balaban J connectivity index is 2.36. The van der Waals surface area contributed by atoms with E-state index in [4.69, 9.17) is 0 Å². The molecule has 3 heteroatoms. The van der Waals surface area contributed by atoms with E-state index in [0.717, 1.165) is 6.54 Å². The summed E-state index contributed by atoms with van der Waals surface area (Å²) in [4.78, 5) is 6.34. The van der Waals surface area contributed by atoms with E-state index in [9.17, 15) is 0 Å². The van der Waals surface area contributed by atoms with E-state index < -0.39 is 0 Å². The van der Waals surface area contributed by atoms with Crippen LogP contribution in [0.15, 0.2) is 48.8 Å². The summed E-state index contributed by atoms with van der Waals surface area (Å²) >= 11 is 0. The third-order valence-corrected chi connectivity index (χ3v) is 3.15. The van der Waals surface area contributed by atoms with Crippen LogP contribution in [-0.4, -0.2) is 25.6 Å². The molecule has 1 heterocycles. The van der Waals surface area contributed by atoms with E-state index in [-0.39, 0.29) is 6.04 Å². The van der Waals surface area contributed by atoms with Crippen molar-refractivity contribution in [2.75, 3.05) is 25.5 Å². The van der Waals surface area contributed by atoms with Crippen molar-refractivity contribution in [3.8, 4) is 0 Å². The number of hydrogen-bond donors (Lipinski definition) is 1. The zero-order valence-electron chi connectivity index (χ0n) is 11.8. The first-order chi connectivity index (χ1) is 9.22. The third kappa shape index (κ3) is 3.32. The second-order valence-corrected chi connectivity index (χ2v) is 4.77. The molecule has 0 amide bonds. The molecule has 1 atom stereocenters. The van der Waals surface area contributed by atoms with Gasteiger partial charge in [-0.1, -0.05) is 25.1 Å². The van der Waals surface area contributed by atoms with Crippen LogP contribution < -0.4 is 10.2 Å². The summed E-state index contributed by atoms with van der Waals surface area (Å²) < 4.78 is 0. The molecular formula is C16H21N3. The fourth-order valence-electron chi connectivity index (χ4n) is 2.16. The fourth-order valence-corrected chi connectivity index (χ4v) is 2.16. The Morgan fingerprint density at radius 1 is 1.16 bits per heavy atom. The van der Waals surface area contributed by atoms with Gasteiger partial charge in [-0.15, -0.1) is 0 Å². The standard InChI is InChI=1S/C16H21N3/c1-4-18-16(14-8-6-10-17-12-14)13-7-5-9-15(11-13)19(2)3/h5-12,16,18H,4H2,1-3H3. The Hall–Kier alpha value is -1.87. The van der Waals surface area contributed by atoms with E-state index >= 15 is 0 Å². The van der Waals surface area contributed by atoms with Crippen LogP contribution in [0.25, 0.3) is 0 Å². The Morgan fingerprint density at radius 2 is 1.95 bits per heavy atom. The lowest BCUT2D eigenvalue weighted by molar-refractivity contribution is 0.628. The summed E-state index contributed by atoms with van der Waals surface area (Å²) in [6, 6.07) is 12.9. The van der Waals surface area contributed by atoms with Gasteiger partial charge >= 0.3 is 0 Å². The molecule has 0 saturated carbocycles. The number of benzene rings is 1. The quantitative estimate of drug-likeness (QED) is 0.890. The third-order valence-electron chi connectivity index (χ3n) is 3.15. The summed E-state index contributed by atoms with van der Waals surface area (Å²) in [7, 11) is 4.12. The minimum absolute atomic E-state index is 0.193. The highest BCUT2D eigenvalue weighted by Crippen LogP contribution is 2.24. The van der Waals surface area contributed by atoms with Crippen LogP contribution in [0.3, 0.4) is 0 Å². The Kier molecular flexibility index (Phi) is 4.53. The summed E-state index contributed by atoms with van der Waals surface area (Å²) in [6.45, 7) is 3.05. The topological polar surface area (TPSA) is 28.2 Å².